The highest BCUT2D eigenvalue weighted by Gasteiger charge is 2.28. The molecule has 122 valence electrons. The summed E-state index contributed by atoms with van der Waals surface area (Å²) in [5, 5.41) is 13.5. The summed E-state index contributed by atoms with van der Waals surface area (Å²) in [6, 6.07) is 16.0. The molecule has 0 aliphatic rings. The molecule has 0 bridgehead atoms. The van der Waals surface area contributed by atoms with Crippen LogP contribution in [0.5, 0.6) is 5.75 Å². The highest BCUT2D eigenvalue weighted by Crippen LogP contribution is 2.25. The van der Waals surface area contributed by atoms with E-state index in [2.05, 4.69) is 5.32 Å². The van der Waals surface area contributed by atoms with Gasteiger partial charge in [0.2, 0.25) is 0 Å². The van der Waals surface area contributed by atoms with Crippen LogP contribution in [0.15, 0.2) is 54.6 Å². The van der Waals surface area contributed by atoms with Crippen LogP contribution in [0.25, 0.3) is 0 Å². The van der Waals surface area contributed by atoms with E-state index < -0.39 is 18.1 Å². The first-order valence-corrected chi connectivity index (χ1v) is 7.46. The van der Waals surface area contributed by atoms with E-state index in [4.69, 9.17) is 9.47 Å². The Morgan fingerprint density at radius 3 is 2.35 bits per heavy atom. The number of aliphatic hydroxyl groups excluding tert-OH is 1. The minimum Gasteiger partial charge on any atom is -0.497 e. The van der Waals surface area contributed by atoms with Crippen molar-refractivity contribution in [3.8, 4) is 5.75 Å². The fraction of sp³-hybridized carbons (Fsp3) is 0.278. The van der Waals surface area contributed by atoms with Gasteiger partial charge in [-0.25, -0.2) is 4.79 Å². The van der Waals surface area contributed by atoms with Crippen molar-refractivity contribution < 1.29 is 19.4 Å². The smallest absolute Gasteiger partial charge is 0.337 e. The van der Waals surface area contributed by atoms with Crippen molar-refractivity contribution in [2.24, 2.45) is 0 Å². The molecule has 0 radical (unpaired) electrons. The number of aliphatic hydroxyl groups is 1. The normalized spacial score (nSPS) is 13.0. The van der Waals surface area contributed by atoms with Crippen molar-refractivity contribution in [3.63, 3.8) is 0 Å². The van der Waals surface area contributed by atoms with Crippen LogP contribution >= 0.6 is 0 Å². The molecule has 0 aromatic heterocycles. The van der Waals surface area contributed by atoms with Gasteiger partial charge in [-0.15, -0.1) is 0 Å². The molecule has 0 heterocycles. The molecule has 0 saturated carbocycles. The molecule has 23 heavy (non-hydrogen) atoms. The van der Waals surface area contributed by atoms with E-state index in [9.17, 15) is 9.90 Å². The van der Waals surface area contributed by atoms with Gasteiger partial charge in [0.15, 0.2) is 6.10 Å². The second-order valence-corrected chi connectivity index (χ2v) is 4.96. The van der Waals surface area contributed by atoms with E-state index in [0.717, 1.165) is 17.0 Å². The number of benzene rings is 2. The Kier molecular flexibility index (Phi) is 6.00. The minimum atomic E-state index is -1.31. The molecule has 2 rings (SSSR count). The number of ether oxygens (including phenoxy) is 2. The van der Waals surface area contributed by atoms with E-state index in [1.807, 2.05) is 42.5 Å². The van der Waals surface area contributed by atoms with Gasteiger partial charge in [0.25, 0.3) is 0 Å². The molecule has 0 fully saturated rings. The first-order chi connectivity index (χ1) is 11.2. The standard InChI is InChI=1S/C18H21NO4/c1-3-23-18(21)17(20)16(13-7-5-4-6-8-13)19-14-9-11-15(22-2)12-10-14/h4-12,16-17,19-20H,3H2,1-2H3/t16-,17-/m0/s1. The van der Waals surface area contributed by atoms with Crippen LogP contribution in [0.2, 0.25) is 0 Å². The van der Waals surface area contributed by atoms with Gasteiger partial charge in [-0.1, -0.05) is 30.3 Å². The van der Waals surface area contributed by atoms with E-state index in [0.29, 0.717) is 0 Å². The van der Waals surface area contributed by atoms with Gasteiger partial charge in [-0.05, 0) is 36.8 Å². The maximum atomic E-state index is 11.9. The summed E-state index contributed by atoms with van der Waals surface area (Å²) in [6.45, 7) is 1.93. The Morgan fingerprint density at radius 2 is 1.78 bits per heavy atom. The van der Waals surface area contributed by atoms with Crippen molar-refractivity contribution >= 4 is 11.7 Å². The summed E-state index contributed by atoms with van der Waals surface area (Å²) in [5.74, 6) is 0.0834. The molecule has 2 N–H and O–H groups in total. The van der Waals surface area contributed by atoms with Crippen LogP contribution in [0, 0.1) is 0 Å². The molecule has 0 aliphatic heterocycles. The van der Waals surface area contributed by atoms with E-state index in [1.165, 1.54) is 0 Å². The third-order valence-electron chi connectivity index (χ3n) is 3.41. The topological polar surface area (TPSA) is 67.8 Å². The van der Waals surface area contributed by atoms with Crippen LogP contribution in [-0.2, 0) is 9.53 Å². The van der Waals surface area contributed by atoms with Gasteiger partial charge in [0, 0.05) is 5.69 Å². The van der Waals surface area contributed by atoms with Gasteiger partial charge in [0.1, 0.15) is 5.75 Å². The molecule has 5 heteroatoms. The molecule has 5 nitrogen and oxygen atoms in total. The molecule has 2 atom stereocenters. The second kappa shape index (κ2) is 8.19. The lowest BCUT2D eigenvalue weighted by Crippen LogP contribution is -2.34. The van der Waals surface area contributed by atoms with Crippen molar-refractivity contribution in [2.75, 3.05) is 19.0 Å². The predicted octanol–water partition coefficient (Wildman–Crippen LogP) is 2.77. The number of methoxy groups -OCH3 is 1. The Hall–Kier alpha value is -2.53. The number of esters is 1. The maximum absolute atomic E-state index is 11.9. The Morgan fingerprint density at radius 1 is 1.13 bits per heavy atom. The van der Waals surface area contributed by atoms with E-state index in [-0.39, 0.29) is 6.61 Å². The molecular formula is C18H21NO4. The molecule has 0 amide bonds. The average Bonchev–Trinajstić information content (AvgIpc) is 2.60. The number of carbonyl (C=O) groups is 1. The molecule has 0 spiro atoms. The first kappa shape index (κ1) is 16.8. The van der Waals surface area contributed by atoms with Gasteiger partial charge < -0.3 is 19.9 Å². The molecule has 0 saturated heterocycles. The van der Waals surface area contributed by atoms with Crippen molar-refractivity contribution in [2.45, 2.75) is 19.1 Å². The monoisotopic (exact) mass is 315 g/mol. The number of hydrogen-bond donors (Lipinski definition) is 2. The Bertz CT molecular complexity index is 613. The maximum Gasteiger partial charge on any atom is 0.337 e. The summed E-state index contributed by atoms with van der Waals surface area (Å²) < 4.78 is 10.1. The number of nitrogens with one attached hydrogen (secondary N) is 1. The lowest BCUT2D eigenvalue weighted by molar-refractivity contribution is -0.153. The molecule has 2 aromatic carbocycles. The van der Waals surface area contributed by atoms with Gasteiger partial charge in [0.05, 0.1) is 19.8 Å². The summed E-state index contributed by atoms with van der Waals surface area (Å²) in [6.07, 6.45) is -1.31. The second-order valence-electron chi connectivity index (χ2n) is 4.96. The van der Waals surface area contributed by atoms with Crippen LogP contribution in [0.1, 0.15) is 18.5 Å². The van der Waals surface area contributed by atoms with Crippen LogP contribution in [-0.4, -0.2) is 30.9 Å². The van der Waals surface area contributed by atoms with Crippen LogP contribution in [0.4, 0.5) is 5.69 Å². The number of hydrogen-bond acceptors (Lipinski definition) is 5. The third kappa shape index (κ3) is 4.47. The zero-order valence-corrected chi connectivity index (χ0v) is 13.2. The van der Waals surface area contributed by atoms with Crippen molar-refractivity contribution in [1.29, 1.82) is 0 Å². The highest BCUT2D eigenvalue weighted by atomic mass is 16.5. The van der Waals surface area contributed by atoms with Gasteiger partial charge in [-0.3, -0.25) is 0 Å². The van der Waals surface area contributed by atoms with E-state index in [1.54, 1.807) is 26.2 Å². The minimum absolute atomic E-state index is 0.222. The fourth-order valence-corrected chi connectivity index (χ4v) is 2.24. The number of carbonyl (C=O) groups excluding carboxylic acids is 1. The predicted molar refractivity (Wildman–Crippen MR) is 88.4 cm³/mol. The van der Waals surface area contributed by atoms with Crippen LogP contribution < -0.4 is 10.1 Å². The zero-order chi connectivity index (χ0) is 16.7. The summed E-state index contributed by atoms with van der Waals surface area (Å²) in [7, 11) is 1.60. The first-order valence-electron chi connectivity index (χ1n) is 7.46. The molecule has 0 unspecified atom stereocenters. The lowest BCUT2D eigenvalue weighted by Gasteiger charge is -2.24. The molecule has 0 aliphatic carbocycles. The third-order valence-corrected chi connectivity index (χ3v) is 3.41. The van der Waals surface area contributed by atoms with E-state index >= 15 is 0 Å². The largest absolute Gasteiger partial charge is 0.497 e. The van der Waals surface area contributed by atoms with Crippen molar-refractivity contribution in [1.82, 2.24) is 0 Å². The van der Waals surface area contributed by atoms with Gasteiger partial charge >= 0.3 is 5.97 Å². The van der Waals surface area contributed by atoms with Crippen molar-refractivity contribution in [3.05, 3.63) is 60.2 Å². The van der Waals surface area contributed by atoms with Gasteiger partial charge in [-0.2, -0.15) is 0 Å². The Labute approximate surface area is 135 Å². The highest BCUT2D eigenvalue weighted by molar-refractivity contribution is 5.76. The number of rotatable bonds is 7. The average molecular weight is 315 g/mol. The summed E-state index contributed by atoms with van der Waals surface area (Å²) >= 11 is 0. The fourth-order valence-electron chi connectivity index (χ4n) is 2.24. The zero-order valence-electron chi connectivity index (χ0n) is 13.2. The summed E-state index contributed by atoms with van der Waals surface area (Å²) in [5.41, 5.74) is 1.56. The lowest BCUT2D eigenvalue weighted by atomic mass is 10.0. The SMILES string of the molecule is CCOC(=O)[C@@H](O)[C@@H](Nc1ccc(OC)cc1)c1ccccc1. The molecule has 2 aromatic rings. The molecular weight excluding hydrogens is 294 g/mol. The Balaban J connectivity index is 2.24. The quantitative estimate of drug-likeness (QED) is 0.769. The van der Waals surface area contributed by atoms with Crippen LogP contribution in [0.3, 0.4) is 0 Å². The number of anilines is 1. The summed E-state index contributed by atoms with van der Waals surface area (Å²) in [4.78, 5) is 11.9.